The van der Waals surface area contributed by atoms with Crippen LogP contribution in [0.15, 0.2) is 22.6 Å². The maximum atomic E-state index is 12.3. The molecule has 4 atom stereocenters. The van der Waals surface area contributed by atoms with Crippen LogP contribution in [-0.2, 0) is 20.8 Å². The van der Waals surface area contributed by atoms with E-state index in [4.69, 9.17) is 26.4 Å². The van der Waals surface area contributed by atoms with Crippen molar-refractivity contribution in [3.8, 4) is 0 Å². The highest BCUT2D eigenvalue weighted by Gasteiger charge is 2.55. The Morgan fingerprint density at radius 2 is 2.11 bits per heavy atom. The summed E-state index contributed by atoms with van der Waals surface area (Å²) >= 11 is 5.34. The molecule has 0 amide bonds. The van der Waals surface area contributed by atoms with Gasteiger partial charge in [-0.05, 0) is 39.9 Å². The molecule has 9 heteroatoms. The Bertz CT molecular complexity index is 827. The topological polar surface area (TPSA) is 97.7 Å². The SMILES string of the molecule is CC(C)=CCNCc1cn([C@@H]2O[C@H](CO)C3OC(C)(C)O[C@@H]32)c(=S)[nH]c1=O. The number of hydrogen-bond acceptors (Lipinski definition) is 7. The third kappa shape index (κ3) is 4.39. The lowest BCUT2D eigenvalue weighted by atomic mass is 10.1. The van der Waals surface area contributed by atoms with Crippen molar-refractivity contribution in [3.05, 3.63) is 38.5 Å². The number of rotatable bonds is 6. The largest absolute Gasteiger partial charge is 0.394 e. The number of H-pyrrole nitrogens is 1. The standard InChI is InChI=1S/C18H27N3O5S/c1-10(2)5-6-19-7-11-8-21(17(27)20-15(11)23)16-14-13(12(9-22)24-16)25-18(3,4)26-14/h5,8,12-14,16,19,22H,6-7,9H2,1-4H3,(H,20,23,27)/t12-,13?,14+,16-/m1/s1. The van der Waals surface area contributed by atoms with Gasteiger partial charge in [-0.1, -0.05) is 11.6 Å². The molecule has 0 saturated carbocycles. The molecule has 2 fully saturated rings. The van der Waals surface area contributed by atoms with Crippen molar-refractivity contribution in [1.29, 1.82) is 0 Å². The van der Waals surface area contributed by atoms with Gasteiger partial charge in [0.1, 0.15) is 18.3 Å². The highest BCUT2D eigenvalue weighted by Crippen LogP contribution is 2.42. The quantitative estimate of drug-likeness (QED) is 0.379. The Morgan fingerprint density at radius 3 is 2.78 bits per heavy atom. The zero-order chi connectivity index (χ0) is 19.8. The lowest BCUT2D eigenvalue weighted by molar-refractivity contribution is -0.200. The van der Waals surface area contributed by atoms with Crippen LogP contribution in [0.2, 0.25) is 0 Å². The summed E-state index contributed by atoms with van der Waals surface area (Å²) < 4.78 is 19.7. The Kier molecular flexibility index (Phi) is 5.99. The second kappa shape index (κ2) is 7.94. The van der Waals surface area contributed by atoms with E-state index in [0.717, 1.165) is 0 Å². The minimum Gasteiger partial charge on any atom is -0.394 e. The summed E-state index contributed by atoms with van der Waals surface area (Å²) in [5.41, 5.74) is 1.50. The van der Waals surface area contributed by atoms with E-state index in [2.05, 4.69) is 10.3 Å². The molecule has 2 aliphatic heterocycles. The molecule has 1 aromatic rings. The number of allylic oxidation sites excluding steroid dienone is 1. The van der Waals surface area contributed by atoms with Gasteiger partial charge in [-0.25, -0.2) is 0 Å². The third-order valence-corrected chi connectivity index (χ3v) is 4.90. The molecule has 0 bridgehead atoms. The summed E-state index contributed by atoms with van der Waals surface area (Å²) in [5.74, 6) is -0.774. The van der Waals surface area contributed by atoms with Crippen LogP contribution in [0.4, 0.5) is 0 Å². The van der Waals surface area contributed by atoms with Gasteiger partial charge in [0.25, 0.3) is 5.56 Å². The Labute approximate surface area is 163 Å². The van der Waals surface area contributed by atoms with Crippen molar-refractivity contribution in [3.63, 3.8) is 0 Å². The number of ether oxygens (including phenoxy) is 3. The predicted octanol–water partition coefficient (Wildman–Crippen LogP) is 1.37. The fraction of sp³-hybridized carbons (Fsp3) is 0.667. The monoisotopic (exact) mass is 397 g/mol. The molecule has 2 saturated heterocycles. The van der Waals surface area contributed by atoms with Gasteiger partial charge in [0.2, 0.25) is 0 Å². The van der Waals surface area contributed by atoms with Crippen molar-refractivity contribution in [2.45, 2.75) is 64.6 Å². The van der Waals surface area contributed by atoms with Gasteiger partial charge in [0.15, 0.2) is 16.8 Å². The minimum absolute atomic E-state index is 0.190. The minimum atomic E-state index is -0.774. The van der Waals surface area contributed by atoms with Crippen molar-refractivity contribution in [1.82, 2.24) is 14.9 Å². The van der Waals surface area contributed by atoms with Gasteiger partial charge in [-0.15, -0.1) is 0 Å². The number of fused-ring (bicyclic) bond motifs is 1. The molecule has 1 aromatic heterocycles. The van der Waals surface area contributed by atoms with Gasteiger partial charge >= 0.3 is 0 Å². The second-order valence-corrected chi connectivity index (χ2v) is 7.93. The van der Waals surface area contributed by atoms with E-state index in [1.807, 2.05) is 33.8 Å². The highest BCUT2D eigenvalue weighted by molar-refractivity contribution is 7.71. The average Bonchev–Trinajstić information content (AvgIpc) is 3.06. The van der Waals surface area contributed by atoms with Crippen LogP contribution >= 0.6 is 12.2 Å². The summed E-state index contributed by atoms with van der Waals surface area (Å²) in [6.07, 6.45) is 1.80. The van der Waals surface area contributed by atoms with E-state index >= 15 is 0 Å². The molecule has 0 radical (unpaired) electrons. The van der Waals surface area contributed by atoms with Crippen LogP contribution in [-0.4, -0.2) is 51.9 Å². The molecule has 0 spiro atoms. The Balaban J connectivity index is 1.85. The first-order chi connectivity index (χ1) is 12.7. The van der Waals surface area contributed by atoms with Gasteiger partial charge in [0.05, 0.1) is 6.61 Å². The Hall–Kier alpha value is -1.36. The number of nitrogens with zero attached hydrogens (tertiary/aromatic N) is 1. The van der Waals surface area contributed by atoms with Gasteiger partial charge < -0.3 is 24.6 Å². The average molecular weight is 397 g/mol. The zero-order valence-electron chi connectivity index (χ0n) is 16.0. The maximum Gasteiger partial charge on any atom is 0.256 e. The number of nitrogens with one attached hydrogen (secondary N) is 2. The number of aliphatic hydroxyl groups is 1. The maximum absolute atomic E-state index is 12.3. The number of aromatic nitrogens is 2. The van der Waals surface area contributed by atoms with Crippen LogP contribution in [0.3, 0.4) is 0 Å². The summed E-state index contributed by atoms with van der Waals surface area (Å²) in [4.78, 5) is 15.0. The molecular weight excluding hydrogens is 370 g/mol. The van der Waals surface area contributed by atoms with Crippen molar-refractivity contribution < 1.29 is 19.3 Å². The number of aliphatic hydroxyl groups excluding tert-OH is 1. The lowest BCUT2D eigenvalue weighted by Gasteiger charge is -2.25. The zero-order valence-corrected chi connectivity index (χ0v) is 16.8. The molecule has 3 N–H and O–H groups in total. The fourth-order valence-electron chi connectivity index (χ4n) is 3.36. The summed E-state index contributed by atoms with van der Waals surface area (Å²) in [5, 5.41) is 12.8. The first-order valence-electron chi connectivity index (χ1n) is 9.02. The van der Waals surface area contributed by atoms with Crippen LogP contribution in [0.1, 0.15) is 39.5 Å². The van der Waals surface area contributed by atoms with E-state index < -0.39 is 30.3 Å². The number of aromatic amines is 1. The molecule has 2 aliphatic rings. The van der Waals surface area contributed by atoms with Gasteiger partial charge in [-0.2, -0.15) is 0 Å². The third-order valence-electron chi connectivity index (χ3n) is 4.59. The van der Waals surface area contributed by atoms with Crippen LogP contribution < -0.4 is 10.9 Å². The van der Waals surface area contributed by atoms with E-state index in [0.29, 0.717) is 18.7 Å². The van der Waals surface area contributed by atoms with Crippen molar-refractivity contribution >= 4 is 12.2 Å². The lowest BCUT2D eigenvalue weighted by Crippen LogP contribution is -2.31. The molecule has 150 valence electrons. The molecule has 0 aliphatic carbocycles. The molecule has 27 heavy (non-hydrogen) atoms. The van der Waals surface area contributed by atoms with E-state index in [1.54, 1.807) is 10.8 Å². The smallest absolute Gasteiger partial charge is 0.256 e. The molecule has 8 nitrogen and oxygen atoms in total. The molecular formula is C18H27N3O5S. The van der Waals surface area contributed by atoms with Crippen LogP contribution in [0.25, 0.3) is 0 Å². The van der Waals surface area contributed by atoms with E-state index in [-0.39, 0.29) is 16.9 Å². The van der Waals surface area contributed by atoms with E-state index in [1.165, 1.54) is 5.57 Å². The first-order valence-corrected chi connectivity index (χ1v) is 9.43. The number of hydrogen-bond donors (Lipinski definition) is 3. The molecule has 1 unspecified atom stereocenters. The van der Waals surface area contributed by atoms with Gasteiger partial charge in [-0.3, -0.25) is 14.3 Å². The highest BCUT2D eigenvalue weighted by atomic mass is 32.1. The van der Waals surface area contributed by atoms with Crippen molar-refractivity contribution in [2.24, 2.45) is 0 Å². The second-order valence-electron chi connectivity index (χ2n) is 7.55. The van der Waals surface area contributed by atoms with Gasteiger partial charge in [0, 0.05) is 24.8 Å². The first kappa shape index (κ1) is 20.4. The normalized spacial score (nSPS) is 28.9. The molecule has 0 aromatic carbocycles. The predicted molar refractivity (Wildman–Crippen MR) is 102 cm³/mol. The Morgan fingerprint density at radius 1 is 1.41 bits per heavy atom. The van der Waals surface area contributed by atoms with Crippen LogP contribution in [0, 0.1) is 4.77 Å². The summed E-state index contributed by atoms with van der Waals surface area (Å²) in [6, 6.07) is 0. The summed E-state index contributed by atoms with van der Waals surface area (Å²) in [7, 11) is 0. The van der Waals surface area contributed by atoms with Crippen LogP contribution in [0.5, 0.6) is 0 Å². The fourth-order valence-corrected chi connectivity index (χ4v) is 3.60. The summed E-state index contributed by atoms with van der Waals surface area (Å²) in [6.45, 7) is 8.55. The molecule has 3 heterocycles. The van der Waals surface area contributed by atoms with Crippen molar-refractivity contribution in [2.75, 3.05) is 13.2 Å². The molecule has 3 rings (SSSR count). The van der Waals surface area contributed by atoms with E-state index in [9.17, 15) is 9.90 Å².